The van der Waals surface area contributed by atoms with Crippen molar-refractivity contribution < 1.29 is 4.79 Å². The van der Waals surface area contributed by atoms with Gasteiger partial charge in [-0.15, -0.1) is 11.3 Å². The van der Waals surface area contributed by atoms with Gasteiger partial charge >= 0.3 is 0 Å². The van der Waals surface area contributed by atoms with Crippen LogP contribution >= 0.6 is 27.3 Å². The van der Waals surface area contributed by atoms with Crippen LogP contribution in [0.2, 0.25) is 0 Å². The highest BCUT2D eigenvalue weighted by Gasteiger charge is 2.33. The lowest BCUT2D eigenvalue weighted by atomic mass is 9.85. The molecule has 98 valence electrons. The minimum Gasteiger partial charge on any atom is -0.340 e. The highest BCUT2D eigenvalue weighted by atomic mass is 79.9. The Kier molecular flexibility index (Phi) is 3.45. The van der Waals surface area contributed by atoms with Gasteiger partial charge in [0.05, 0.1) is 0 Å². The van der Waals surface area contributed by atoms with Crippen LogP contribution in [0.1, 0.15) is 53.4 Å². The van der Waals surface area contributed by atoms with Crippen LogP contribution < -0.4 is 0 Å². The number of thiazole rings is 1. The fraction of sp³-hybridized carbons (Fsp3) is 0.692. The van der Waals surface area contributed by atoms with Gasteiger partial charge in [0.1, 0.15) is 5.69 Å². The molecule has 0 aromatic carbocycles. The van der Waals surface area contributed by atoms with Gasteiger partial charge in [-0.25, -0.2) is 4.98 Å². The van der Waals surface area contributed by atoms with Crippen molar-refractivity contribution in [3.8, 4) is 0 Å². The molecule has 1 aromatic heterocycles. The minimum atomic E-state index is 0.103. The van der Waals surface area contributed by atoms with E-state index in [1.165, 1.54) is 37.0 Å². The smallest absolute Gasteiger partial charge is 0.273 e. The number of hydrogen-bond donors (Lipinski definition) is 0. The summed E-state index contributed by atoms with van der Waals surface area (Å²) in [5, 5.41) is 0. The van der Waals surface area contributed by atoms with E-state index in [2.05, 4.69) is 20.9 Å². The number of carbonyl (C=O) groups excluding carboxylic acids is 1. The second-order valence-electron chi connectivity index (χ2n) is 5.44. The maximum Gasteiger partial charge on any atom is 0.273 e. The molecule has 0 radical (unpaired) electrons. The molecular formula is C13H17BrN2OS. The maximum absolute atomic E-state index is 12.4. The SMILES string of the molecule is CN(CC1CCC1)C(=O)c1nc(Br)sc1C1CC1. The van der Waals surface area contributed by atoms with Gasteiger partial charge < -0.3 is 4.90 Å². The molecule has 0 atom stereocenters. The van der Waals surface area contributed by atoms with E-state index in [0.717, 1.165) is 10.5 Å². The largest absolute Gasteiger partial charge is 0.340 e. The van der Waals surface area contributed by atoms with E-state index in [-0.39, 0.29) is 5.91 Å². The first-order valence-corrected chi connectivity index (χ1v) is 8.18. The Balaban J connectivity index is 1.73. The van der Waals surface area contributed by atoms with Gasteiger partial charge in [-0.05, 0) is 53.4 Å². The molecule has 0 spiro atoms. The summed E-state index contributed by atoms with van der Waals surface area (Å²) >= 11 is 5.04. The third-order valence-electron chi connectivity index (χ3n) is 3.88. The van der Waals surface area contributed by atoms with E-state index in [9.17, 15) is 4.79 Å². The van der Waals surface area contributed by atoms with Crippen LogP contribution in [-0.4, -0.2) is 29.4 Å². The van der Waals surface area contributed by atoms with Crippen LogP contribution in [0.25, 0.3) is 0 Å². The van der Waals surface area contributed by atoms with Crippen LogP contribution in [-0.2, 0) is 0 Å². The van der Waals surface area contributed by atoms with E-state index in [0.29, 0.717) is 17.5 Å². The van der Waals surface area contributed by atoms with Gasteiger partial charge in [-0.2, -0.15) is 0 Å². The van der Waals surface area contributed by atoms with Crippen molar-refractivity contribution in [2.45, 2.75) is 38.0 Å². The lowest BCUT2D eigenvalue weighted by Crippen LogP contribution is -2.34. The summed E-state index contributed by atoms with van der Waals surface area (Å²) in [6.07, 6.45) is 6.28. The summed E-state index contributed by atoms with van der Waals surface area (Å²) in [6.45, 7) is 0.887. The van der Waals surface area contributed by atoms with Crippen molar-refractivity contribution in [2.24, 2.45) is 5.92 Å². The minimum absolute atomic E-state index is 0.103. The molecule has 3 nitrogen and oxygen atoms in total. The highest BCUT2D eigenvalue weighted by molar-refractivity contribution is 9.11. The Morgan fingerprint density at radius 3 is 2.72 bits per heavy atom. The van der Waals surface area contributed by atoms with Gasteiger partial charge in [-0.1, -0.05) is 6.42 Å². The van der Waals surface area contributed by atoms with Crippen LogP contribution in [0, 0.1) is 5.92 Å². The molecule has 0 unspecified atom stereocenters. The van der Waals surface area contributed by atoms with Crippen molar-refractivity contribution in [3.63, 3.8) is 0 Å². The predicted molar refractivity (Wildman–Crippen MR) is 76.1 cm³/mol. The second kappa shape index (κ2) is 4.93. The van der Waals surface area contributed by atoms with E-state index in [4.69, 9.17) is 0 Å². The van der Waals surface area contributed by atoms with E-state index in [1.54, 1.807) is 11.3 Å². The molecule has 3 rings (SSSR count). The van der Waals surface area contributed by atoms with Crippen LogP contribution in [0.4, 0.5) is 0 Å². The van der Waals surface area contributed by atoms with Crippen molar-refractivity contribution >= 4 is 33.2 Å². The first-order chi connectivity index (χ1) is 8.65. The number of aromatic nitrogens is 1. The molecule has 0 aliphatic heterocycles. The molecule has 5 heteroatoms. The molecular weight excluding hydrogens is 312 g/mol. The monoisotopic (exact) mass is 328 g/mol. The van der Waals surface area contributed by atoms with Gasteiger partial charge in [-0.3, -0.25) is 4.79 Å². The molecule has 2 aliphatic rings. The van der Waals surface area contributed by atoms with Crippen molar-refractivity contribution in [3.05, 3.63) is 14.5 Å². The lowest BCUT2D eigenvalue weighted by molar-refractivity contribution is 0.0739. The number of hydrogen-bond acceptors (Lipinski definition) is 3. The summed E-state index contributed by atoms with van der Waals surface area (Å²) in [5.74, 6) is 1.40. The lowest BCUT2D eigenvalue weighted by Gasteiger charge is -2.29. The van der Waals surface area contributed by atoms with E-state index < -0.39 is 0 Å². The number of carbonyl (C=O) groups is 1. The highest BCUT2D eigenvalue weighted by Crippen LogP contribution is 2.45. The molecule has 0 N–H and O–H groups in total. The summed E-state index contributed by atoms with van der Waals surface area (Å²) < 4.78 is 0.838. The first-order valence-electron chi connectivity index (χ1n) is 6.57. The topological polar surface area (TPSA) is 33.2 Å². The molecule has 1 aromatic rings. The van der Waals surface area contributed by atoms with E-state index >= 15 is 0 Å². The Hall–Kier alpha value is -0.420. The third kappa shape index (κ3) is 2.48. The summed E-state index contributed by atoms with van der Waals surface area (Å²) in [4.78, 5) is 19.9. The zero-order valence-corrected chi connectivity index (χ0v) is 12.9. The molecule has 18 heavy (non-hydrogen) atoms. The zero-order valence-electron chi connectivity index (χ0n) is 10.5. The number of rotatable bonds is 4. The Labute approximate surface area is 120 Å². The standard InChI is InChI=1S/C13H17BrN2OS/c1-16(7-8-3-2-4-8)12(17)10-11(9-5-6-9)18-13(14)15-10/h8-9H,2-7H2,1H3. The fourth-order valence-electron chi connectivity index (χ4n) is 2.41. The van der Waals surface area contributed by atoms with Crippen LogP contribution in [0.3, 0.4) is 0 Å². The fourth-order valence-corrected chi connectivity index (χ4v) is 4.06. The molecule has 2 aliphatic carbocycles. The molecule has 0 saturated heterocycles. The average molecular weight is 329 g/mol. The zero-order chi connectivity index (χ0) is 12.7. The Morgan fingerprint density at radius 1 is 1.44 bits per heavy atom. The van der Waals surface area contributed by atoms with Gasteiger partial charge in [0.25, 0.3) is 5.91 Å². The van der Waals surface area contributed by atoms with Crippen LogP contribution in [0.5, 0.6) is 0 Å². The van der Waals surface area contributed by atoms with Gasteiger partial charge in [0.2, 0.25) is 0 Å². The summed E-state index contributed by atoms with van der Waals surface area (Å²) in [5.41, 5.74) is 0.691. The number of amides is 1. The average Bonchev–Trinajstić information content (AvgIpc) is 3.06. The normalized spacial score (nSPS) is 19.7. The molecule has 2 fully saturated rings. The first kappa shape index (κ1) is 12.6. The maximum atomic E-state index is 12.4. The predicted octanol–water partition coefficient (Wildman–Crippen LogP) is 3.66. The van der Waals surface area contributed by atoms with Crippen LogP contribution in [0.15, 0.2) is 3.92 Å². The summed E-state index contributed by atoms with van der Waals surface area (Å²) in [7, 11) is 1.91. The molecule has 0 bridgehead atoms. The van der Waals surface area contributed by atoms with E-state index in [1.807, 2.05) is 11.9 Å². The number of halogens is 1. The van der Waals surface area contributed by atoms with Crippen molar-refractivity contribution in [2.75, 3.05) is 13.6 Å². The van der Waals surface area contributed by atoms with Crippen molar-refractivity contribution in [1.82, 2.24) is 9.88 Å². The second-order valence-corrected chi connectivity index (χ2v) is 7.74. The van der Waals surface area contributed by atoms with Crippen molar-refractivity contribution in [1.29, 1.82) is 0 Å². The molecule has 2 saturated carbocycles. The molecule has 1 amide bonds. The third-order valence-corrected chi connectivity index (χ3v) is 5.55. The number of nitrogens with zero attached hydrogens (tertiary/aromatic N) is 2. The quantitative estimate of drug-likeness (QED) is 0.845. The Morgan fingerprint density at radius 2 is 2.17 bits per heavy atom. The summed E-state index contributed by atoms with van der Waals surface area (Å²) in [6, 6.07) is 0. The van der Waals surface area contributed by atoms with Gasteiger partial charge in [0, 0.05) is 18.5 Å². The molecule has 1 heterocycles. The van der Waals surface area contributed by atoms with Gasteiger partial charge in [0.15, 0.2) is 3.92 Å². The Bertz CT molecular complexity index is 466.